The molecule has 4 aromatic carbocycles. The maximum absolute atomic E-state index is 5.92. The van der Waals surface area contributed by atoms with Gasteiger partial charge in [-0.05, 0) is 21.2 Å². The molecule has 0 bridgehead atoms. The van der Waals surface area contributed by atoms with Crippen LogP contribution in [0.2, 0.25) is 39.3 Å². The number of hydrogen-bond acceptors (Lipinski definition) is 1. The minimum absolute atomic E-state index is 0. The summed E-state index contributed by atoms with van der Waals surface area (Å²) in [6.45, 7) is 14.2. The van der Waals surface area contributed by atoms with Crippen LogP contribution in [0, 0.1) is 47.8 Å². The van der Waals surface area contributed by atoms with Crippen molar-refractivity contribution >= 4 is 57.3 Å². The molecule has 0 aliphatic carbocycles. The van der Waals surface area contributed by atoms with Crippen molar-refractivity contribution in [2.24, 2.45) is 4.41 Å². The van der Waals surface area contributed by atoms with Gasteiger partial charge in [-0.25, -0.2) is 0 Å². The summed E-state index contributed by atoms with van der Waals surface area (Å²) in [5.74, 6) is 0. The zero-order valence-electron chi connectivity index (χ0n) is 24.3. The molecule has 0 saturated heterocycles. The fraction of sp³-hybridized carbons (Fsp3) is 0.188. The molecule has 2 nitrogen and oxygen atoms in total. The van der Waals surface area contributed by atoms with Crippen molar-refractivity contribution in [3.63, 3.8) is 0 Å². The molecule has 7 heteroatoms. The van der Waals surface area contributed by atoms with Gasteiger partial charge in [0.1, 0.15) is 0 Å². The zero-order valence-corrected chi connectivity index (χ0v) is 30.7. The first-order chi connectivity index (χ1) is 17.5. The average molecular weight is 723 g/mol. The minimum atomic E-state index is -2.32. The van der Waals surface area contributed by atoms with Gasteiger partial charge in [0.25, 0.3) is 0 Å². The second kappa shape index (κ2) is 14.4. The molecule has 0 fully saturated rings. The Morgan fingerprint density at radius 1 is 0.538 bits per heavy atom. The van der Waals surface area contributed by atoms with Crippen LogP contribution in [0.4, 0.5) is 0 Å². The topological polar surface area (TPSA) is 26.5 Å². The third-order valence-electron chi connectivity index (χ3n) is 5.85. The number of rotatable bonds is 8. The smallest absolute Gasteiger partial charge is 0.631 e. The molecule has 0 saturated carbocycles. The number of benzene rings is 4. The average Bonchev–Trinajstić information content (AvgIpc) is 2.88. The molecule has 0 aliphatic heterocycles. The van der Waals surface area contributed by atoms with Crippen LogP contribution in [-0.2, 0) is 0 Å². The normalized spacial score (nSPS) is 12.1. The number of nitrogens with zero attached hydrogens (tertiary/aromatic N) is 2. The van der Waals surface area contributed by atoms with E-state index in [-0.39, 0.29) is 47.8 Å². The van der Waals surface area contributed by atoms with E-state index in [4.69, 9.17) is 9.16 Å². The van der Waals surface area contributed by atoms with Gasteiger partial charge in [-0.1, -0.05) is 174 Å². The van der Waals surface area contributed by atoms with Gasteiger partial charge >= 0.3 is 40.4 Å². The van der Waals surface area contributed by atoms with E-state index >= 15 is 0 Å². The van der Waals surface area contributed by atoms with Gasteiger partial charge in [-0.3, -0.25) is 0 Å². The van der Waals surface area contributed by atoms with Gasteiger partial charge in [0.2, 0.25) is 0 Å². The SMILES string of the molecule is C[Si](C)(C)N=P(C=P([N-][Si](C)(C)C)(c1ccccc1)c1ccccc1)(c1ccccc1)c1ccccc1.[CH3-].[Sm+3]. The first kappa shape index (κ1) is 34.3. The Morgan fingerprint density at radius 2 is 0.846 bits per heavy atom. The van der Waals surface area contributed by atoms with Crippen molar-refractivity contribution in [3.05, 3.63) is 134 Å². The van der Waals surface area contributed by atoms with E-state index in [1.165, 1.54) is 21.2 Å². The predicted octanol–water partition coefficient (Wildman–Crippen LogP) is 8.68. The molecular weight excluding hydrogens is 681 g/mol. The molecule has 39 heavy (non-hydrogen) atoms. The van der Waals surface area contributed by atoms with Gasteiger partial charge < -0.3 is 16.6 Å². The van der Waals surface area contributed by atoms with Gasteiger partial charge in [-0.15, -0.1) is 7.04 Å². The summed E-state index contributed by atoms with van der Waals surface area (Å²) in [4.78, 5) is 0. The Morgan fingerprint density at radius 3 is 1.13 bits per heavy atom. The van der Waals surface area contributed by atoms with Crippen LogP contribution < -0.4 is 21.2 Å². The van der Waals surface area contributed by atoms with E-state index in [0.29, 0.717) is 0 Å². The van der Waals surface area contributed by atoms with Crippen LogP contribution in [0.3, 0.4) is 0 Å². The van der Waals surface area contributed by atoms with Crippen LogP contribution in [-0.4, -0.2) is 22.0 Å². The summed E-state index contributed by atoms with van der Waals surface area (Å²) in [6.07, 6.45) is 0. The molecule has 0 aliphatic rings. The van der Waals surface area contributed by atoms with E-state index in [9.17, 15) is 0 Å². The largest absolute Gasteiger partial charge is 3.00 e. The molecule has 0 aromatic heterocycles. The Balaban J connectivity index is 0.00000267. The van der Waals surface area contributed by atoms with Crippen molar-refractivity contribution in [2.75, 3.05) is 0 Å². The molecule has 4 aromatic rings. The summed E-state index contributed by atoms with van der Waals surface area (Å²) in [5, 5.41) is 5.24. The van der Waals surface area contributed by atoms with E-state index in [0.717, 1.165) is 0 Å². The Labute approximate surface area is 272 Å². The maximum Gasteiger partial charge on any atom is 3.00 e. The van der Waals surface area contributed by atoms with Gasteiger partial charge in [0.05, 0.1) is 0 Å². The summed E-state index contributed by atoms with van der Waals surface area (Å²) < 4.78 is 11.8. The quantitative estimate of drug-likeness (QED) is 0.0990. The predicted molar refractivity (Wildman–Crippen MR) is 183 cm³/mol. The van der Waals surface area contributed by atoms with Gasteiger partial charge in [0, 0.05) is 7.05 Å². The number of hydrogen-bond donors (Lipinski definition) is 0. The monoisotopic (exact) mass is 724 g/mol. The standard InChI is InChI=1S/C31H39N2P2Si2.CH3.Sm/c1-36(2,3)32-34(28-19-11-7-12-20-28,29-21-13-8-14-22-29)27-35(33-37(4,5)6,30-23-15-9-16-24-30)31-25-17-10-18-26-31;;/h7-27H,1-6H3;1H3;/q2*-1;+3. The zero-order chi connectivity index (χ0) is 26.6. The third kappa shape index (κ3) is 8.57. The van der Waals surface area contributed by atoms with Crippen molar-refractivity contribution in [3.8, 4) is 0 Å². The summed E-state index contributed by atoms with van der Waals surface area (Å²) in [6, 6.07) is 44.1. The summed E-state index contributed by atoms with van der Waals surface area (Å²) in [7, 11) is -8.42. The fourth-order valence-corrected chi connectivity index (χ4v) is 22.6. The van der Waals surface area contributed by atoms with Crippen molar-refractivity contribution < 1.29 is 40.4 Å². The van der Waals surface area contributed by atoms with Gasteiger partial charge in [0.15, 0.2) is 8.24 Å². The van der Waals surface area contributed by atoms with E-state index in [1.54, 1.807) is 0 Å². The fourth-order valence-electron chi connectivity index (χ4n) is 4.66. The molecule has 0 N–H and O–H groups in total. The van der Waals surface area contributed by atoms with Crippen molar-refractivity contribution in [2.45, 2.75) is 39.3 Å². The molecule has 4 rings (SSSR count). The molecule has 203 valence electrons. The third-order valence-corrected chi connectivity index (χ3v) is 20.2. The van der Waals surface area contributed by atoms with Crippen LogP contribution in [0.25, 0.3) is 4.75 Å². The second-order valence-corrected chi connectivity index (χ2v) is 27.4. The molecule has 0 spiro atoms. The first-order valence-electron chi connectivity index (χ1n) is 12.9. The Kier molecular flexibility index (Phi) is 12.6. The molecular formula is C32H42N2P2Si2Sm+. The molecule has 0 atom stereocenters. The minimum Gasteiger partial charge on any atom is -0.631 e. The van der Waals surface area contributed by atoms with Crippen LogP contribution in [0.5, 0.6) is 0 Å². The molecule has 0 amide bonds. The maximum atomic E-state index is 5.92. The second-order valence-electron chi connectivity index (χ2n) is 11.4. The van der Waals surface area contributed by atoms with E-state index < -0.39 is 30.6 Å². The van der Waals surface area contributed by atoms with E-state index in [1.807, 2.05) is 0 Å². The van der Waals surface area contributed by atoms with Crippen LogP contribution >= 0.6 is 14.1 Å². The Hall–Kier alpha value is -0.859. The van der Waals surface area contributed by atoms with E-state index in [2.05, 4.69) is 166 Å². The van der Waals surface area contributed by atoms with Crippen molar-refractivity contribution in [1.82, 2.24) is 0 Å². The van der Waals surface area contributed by atoms with Crippen LogP contribution in [0.15, 0.2) is 126 Å². The van der Waals surface area contributed by atoms with Crippen molar-refractivity contribution in [1.29, 1.82) is 0 Å². The Bertz CT molecular complexity index is 1330. The first-order valence-corrected chi connectivity index (χ1v) is 23.4. The molecule has 0 heterocycles. The van der Waals surface area contributed by atoms with Gasteiger partial charge in [-0.2, -0.15) is 0 Å². The molecule has 0 unspecified atom stereocenters. The summed E-state index contributed by atoms with van der Waals surface area (Å²) in [5.41, 5.74) is 2.69. The molecule has 1 radical (unpaired) electrons. The van der Waals surface area contributed by atoms with Crippen LogP contribution in [0.1, 0.15) is 0 Å². The summed E-state index contributed by atoms with van der Waals surface area (Å²) >= 11 is 0.